The minimum atomic E-state index is -0.411. The first-order chi connectivity index (χ1) is 11.7. The van der Waals surface area contributed by atoms with Crippen molar-refractivity contribution in [3.05, 3.63) is 41.6 Å². The number of nitrogens with one attached hydrogen (secondary N) is 1. The van der Waals surface area contributed by atoms with Crippen LogP contribution in [0.1, 0.15) is 35.2 Å². The summed E-state index contributed by atoms with van der Waals surface area (Å²) in [7, 11) is 0. The highest BCUT2D eigenvalue weighted by atomic mass is 16.8. The lowest BCUT2D eigenvalue weighted by Gasteiger charge is -2.22. The molecule has 3 N–H and O–H groups in total. The van der Waals surface area contributed by atoms with Gasteiger partial charge in [-0.15, -0.1) is 0 Å². The SMILES string of the molecule is N#Cc1cnn(-c2cccc(C(=O)NO[C@H]3CCCCO3)c2)c1N. The number of hydrogen-bond donors (Lipinski definition) is 2. The van der Waals surface area contributed by atoms with Crippen molar-refractivity contribution in [2.75, 3.05) is 12.3 Å². The molecular weight excluding hydrogens is 310 g/mol. The van der Waals surface area contributed by atoms with E-state index in [1.807, 2.05) is 6.07 Å². The van der Waals surface area contributed by atoms with Crippen LogP contribution in [0.25, 0.3) is 5.69 Å². The van der Waals surface area contributed by atoms with E-state index < -0.39 is 12.2 Å². The highest BCUT2D eigenvalue weighted by Crippen LogP contribution is 2.18. The van der Waals surface area contributed by atoms with Crippen molar-refractivity contribution in [1.82, 2.24) is 15.3 Å². The van der Waals surface area contributed by atoms with Crippen LogP contribution < -0.4 is 11.2 Å². The Kier molecular flexibility index (Phi) is 4.74. The van der Waals surface area contributed by atoms with E-state index in [2.05, 4.69) is 10.6 Å². The predicted molar refractivity (Wildman–Crippen MR) is 84.8 cm³/mol. The summed E-state index contributed by atoms with van der Waals surface area (Å²) in [4.78, 5) is 17.5. The minimum absolute atomic E-state index is 0.224. The summed E-state index contributed by atoms with van der Waals surface area (Å²) in [6, 6.07) is 8.67. The van der Waals surface area contributed by atoms with Gasteiger partial charge in [-0.25, -0.2) is 15.0 Å². The third-order valence-electron chi connectivity index (χ3n) is 3.70. The predicted octanol–water partition coefficient (Wildman–Crippen LogP) is 1.51. The standard InChI is InChI=1S/C16H17N5O3/c17-9-12-10-19-21(15(12)18)13-5-3-4-11(8-13)16(22)20-24-14-6-1-2-7-23-14/h3-5,8,10,14H,1-2,6-7,18H2,(H,20,22)/t14-/m0/s1. The van der Waals surface area contributed by atoms with Gasteiger partial charge in [0, 0.05) is 18.6 Å². The van der Waals surface area contributed by atoms with Gasteiger partial charge < -0.3 is 10.5 Å². The van der Waals surface area contributed by atoms with Gasteiger partial charge >= 0.3 is 0 Å². The Bertz CT molecular complexity index is 774. The Hall–Kier alpha value is -2.89. The average Bonchev–Trinajstić information content (AvgIpc) is 3.01. The molecule has 1 aromatic heterocycles. The fourth-order valence-corrected chi connectivity index (χ4v) is 2.41. The number of benzene rings is 1. The topological polar surface area (TPSA) is 115 Å². The summed E-state index contributed by atoms with van der Waals surface area (Å²) in [6.07, 6.45) is 3.74. The summed E-state index contributed by atoms with van der Waals surface area (Å²) in [5.74, 6) is -0.167. The van der Waals surface area contributed by atoms with Gasteiger partial charge in [0.2, 0.25) is 0 Å². The number of anilines is 1. The van der Waals surface area contributed by atoms with Crippen molar-refractivity contribution in [3.63, 3.8) is 0 Å². The minimum Gasteiger partial charge on any atom is -0.382 e. The molecule has 1 amide bonds. The molecule has 1 saturated heterocycles. The molecule has 2 aromatic rings. The summed E-state index contributed by atoms with van der Waals surface area (Å²) in [5.41, 5.74) is 9.51. The van der Waals surface area contributed by atoms with E-state index in [0.29, 0.717) is 17.9 Å². The Morgan fingerprint density at radius 2 is 2.38 bits per heavy atom. The molecule has 0 aliphatic carbocycles. The van der Waals surface area contributed by atoms with Gasteiger partial charge in [-0.1, -0.05) is 6.07 Å². The number of carbonyl (C=O) groups excluding carboxylic acids is 1. The van der Waals surface area contributed by atoms with Crippen molar-refractivity contribution >= 4 is 11.7 Å². The molecule has 0 unspecified atom stereocenters. The molecule has 0 bridgehead atoms. The van der Waals surface area contributed by atoms with Gasteiger partial charge in [-0.05, 0) is 31.0 Å². The maximum atomic E-state index is 12.2. The van der Waals surface area contributed by atoms with Crippen LogP contribution in [0.2, 0.25) is 0 Å². The lowest BCUT2D eigenvalue weighted by molar-refractivity contribution is -0.186. The zero-order valence-electron chi connectivity index (χ0n) is 12.9. The molecule has 2 heterocycles. The molecule has 1 atom stereocenters. The third-order valence-corrected chi connectivity index (χ3v) is 3.70. The summed E-state index contributed by atoms with van der Waals surface area (Å²) >= 11 is 0. The average molecular weight is 327 g/mol. The largest absolute Gasteiger partial charge is 0.382 e. The van der Waals surface area contributed by atoms with Crippen LogP contribution in [0, 0.1) is 11.3 Å². The van der Waals surface area contributed by atoms with Crippen LogP contribution in [0.15, 0.2) is 30.5 Å². The van der Waals surface area contributed by atoms with Crippen molar-refractivity contribution in [2.45, 2.75) is 25.6 Å². The zero-order chi connectivity index (χ0) is 16.9. The molecule has 1 aliphatic rings. The summed E-state index contributed by atoms with van der Waals surface area (Å²) in [6.45, 7) is 0.635. The number of hydrogen-bond acceptors (Lipinski definition) is 6. The lowest BCUT2D eigenvalue weighted by Crippen LogP contribution is -2.33. The zero-order valence-corrected chi connectivity index (χ0v) is 12.9. The van der Waals surface area contributed by atoms with Crippen LogP contribution >= 0.6 is 0 Å². The summed E-state index contributed by atoms with van der Waals surface area (Å²) in [5, 5.41) is 13.0. The highest BCUT2D eigenvalue weighted by Gasteiger charge is 2.17. The number of aromatic nitrogens is 2. The number of carbonyl (C=O) groups is 1. The first-order valence-corrected chi connectivity index (χ1v) is 7.60. The van der Waals surface area contributed by atoms with Gasteiger partial charge in [0.15, 0.2) is 6.29 Å². The fourth-order valence-electron chi connectivity index (χ4n) is 2.41. The quantitative estimate of drug-likeness (QED) is 0.823. The number of nitrogen functional groups attached to an aromatic ring is 1. The Labute approximate surface area is 138 Å². The lowest BCUT2D eigenvalue weighted by atomic mass is 10.2. The summed E-state index contributed by atoms with van der Waals surface area (Å²) < 4.78 is 6.79. The Morgan fingerprint density at radius 3 is 3.08 bits per heavy atom. The van der Waals surface area contributed by atoms with Crippen LogP contribution in [-0.2, 0) is 9.57 Å². The molecule has 0 radical (unpaired) electrons. The number of nitrogens with two attached hydrogens (primary N) is 1. The number of amides is 1. The molecule has 0 saturated carbocycles. The second kappa shape index (κ2) is 7.12. The maximum absolute atomic E-state index is 12.2. The van der Waals surface area contributed by atoms with E-state index in [1.54, 1.807) is 24.3 Å². The third kappa shape index (κ3) is 3.37. The van der Waals surface area contributed by atoms with Gasteiger partial charge in [0.25, 0.3) is 5.91 Å². The molecule has 0 spiro atoms. The van der Waals surface area contributed by atoms with Gasteiger partial charge in [-0.3, -0.25) is 4.79 Å². The van der Waals surface area contributed by atoms with E-state index in [0.717, 1.165) is 19.3 Å². The number of rotatable bonds is 4. The van der Waals surface area contributed by atoms with Crippen LogP contribution in [0.3, 0.4) is 0 Å². The van der Waals surface area contributed by atoms with Gasteiger partial charge in [0.1, 0.15) is 17.5 Å². The molecule has 3 rings (SSSR count). The van der Waals surface area contributed by atoms with Gasteiger partial charge in [0.05, 0.1) is 11.9 Å². The molecule has 24 heavy (non-hydrogen) atoms. The fraction of sp³-hybridized carbons (Fsp3) is 0.312. The molecule has 1 fully saturated rings. The molecule has 124 valence electrons. The Balaban J connectivity index is 1.71. The van der Waals surface area contributed by atoms with Crippen molar-refractivity contribution in [3.8, 4) is 11.8 Å². The van der Waals surface area contributed by atoms with Crippen LogP contribution in [0.4, 0.5) is 5.82 Å². The first-order valence-electron chi connectivity index (χ1n) is 7.60. The number of nitriles is 1. The molecule has 8 heteroatoms. The normalized spacial score (nSPS) is 17.2. The second-order valence-electron chi connectivity index (χ2n) is 5.36. The highest BCUT2D eigenvalue weighted by molar-refractivity contribution is 5.94. The molecule has 1 aliphatic heterocycles. The monoisotopic (exact) mass is 327 g/mol. The van der Waals surface area contributed by atoms with Crippen LogP contribution in [-0.4, -0.2) is 28.6 Å². The van der Waals surface area contributed by atoms with E-state index in [4.69, 9.17) is 20.6 Å². The van der Waals surface area contributed by atoms with E-state index in [-0.39, 0.29) is 11.4 Å². The second-order valence-corrected chi connectivity index (χ2v) is 5.36. The van der Waals surface area contributed by atoms with Crippen LogP contribution in [0.5, 0.6) is 0 Å². The Morgan fingerprint density at radius 1 is 1.50 bits per heavy atom. The van der Waals surface area contributed by atoms with E-state index >= 15 is 0 Å². The number of ether oxygens (including phenoxy) is 1. The molecular formula is C16H17N5O3. The smallest absolute Gasteiger partial charge is 0.275 e. The first kappa shape index (κ1) is 16.0. The maximum Gasteiger partial charge on any atom is 0.275 e. The van der Waals surface area contributed by atoms with Crippen molar-refractivity contribution in [1.29, 1.82) is 5.26 Å². The van der Waals surface area contributed by atoms with E-state index in [9.17, 15) is 4.79 Å². The van der Waals surface area contributed by atoms with E-state index in [1.165, 1.54) is 10.9 Å². The van der Waals surface area contributed by atoms with Crippen molar-refractivity contribution in [2.24, 2.45) is 0 Å². The molecule has 1 aromatic carbocycles. The van der Waals surface area contributed by atoms with Crippen molar-refractivity contribution < 1.29 is 14.4 Å². The number of nitrogens with zero attached hydrogens (tertiary/aromatic N) is 3. The molecule has 8 nitrogen and oxygen atoms in total. The van der Waals surface area contributed by atoms with Gasteiger partial charge in [-0.2, -0.15) is 10.4 Å². The number of hydroxylamine groups is 1.